The van der Waals surface area contributed by atoms with E-state index in [0.29, 0.717) is 5.02 Å². The van der Waals surface area contributed by atoms with E-state index in [1.807, 2.05) is 24.3 Å². The van der Waals surface area contributed by atoms with Crippen LogP contribution in [-0.2, 0) is 15.8 Å². The molecule has 1 aromatic carbocycles. The van der Waals surface area contributed by atoms with Gasteiger partial charge in [-0.25, -0.2) is 8.93 Å². The molecular formula is C21H31ClN2O2S. The number of rotatable bonds is 8. The molecular weight excluding hydrogens is 380 g/mol. The van der Waals surface area contributed by atoms with Crippen LogP contribution in [0.3, 0.4) is 0 Å². The topological polar surface area (TPSA) is 49.4 Å². The van der Waals surface area contributed by atoms with Crippen molar-refractivity contribution in [1.82, 2.24) is 9.62 Å². The Morgan fingerprint density at radius 3 is 2.41 bits per heavy atom. The first-order chi connectivity index (χ1) is 13.0. The lowest BCUT2D eigenvalue weighted by atomic mass is 9.84. The van der Waals surface area contributed by atoms with E-state index in [4.69, 9.17) is 11.6 Å². The van der Waals surface area contributed by atoms with Gasteiger partial charge in [0, 0.05) is 28.3 Å². The van der Waals surface area contributed by atoms with Gasteiger partial charge >= 0.3 is 0 Å². The number of hydrogen-bond acceptors (Lipinski definition) is 2. The number of benzene rings is 1. The second kappa shape index (κ2) is 9.06. The van der Waals surface area contributed by atoms with Crippen molar-refractivity contribution in [2.45, 2.75) is 82.7 Å². The molecule has 6 heteroatoms. The number of nitrogens with zero attached hydrogens (tertiary/aromatic N) is 1. The minimum Gasteiger partial charge on any atom is -0.331 e. The van der Waals surface area contributed by atoms with Gasteiger partial charge in [-0.1, -0.05) is 37.6 Å². The Morgan fingerprint density at radius 1 is 1.19 bits per heavy atom. The molecule has 5 atom stereocenters. The summed E-state index contributed by atoms with van der Waals surface area (Å²) in [6, 6.07) is 7.94. The van der Waals surface area contributed by atoms with Crippen LogP contribution in [-0.4, -0.2) is 32.3 Å². The largest absolute Gasteiger partial charge is 0.331 e. The van der Waals surface area contributed by atoms with E-state index in [1.54, 1.807) is 0 Å². The van der Waals surface area contributed by atoms with E-state index in [1.165, 1.54) is 0 Å². The van der Waals surface area contributed by atoms with Gasteiger partial charge in [-0.05, 0) is 63.1 Å². The SMILES string of the molecule is CCC1CCC(c2ccc(Cl)cc2)N(C(CC)C(C)NS(=O)C2CC2)C1=O. The zero-order valence-corrected chi connectivity index (χ0v) is 18.1. The van der Waals surface area contributed by atoms with Crippen LogP contribution in [0.25, 0.3) is 0 Å². The van der Waals surface area contributed by atoms with E-state index in [0.717, 1.165) is 44.1 Å². The van der Waals surface area contributed by atoms with Crippen LogP contribution in [0.2, 0.25) is 5.02 Å². The molecule has 5 unspecified atom stereocenters. The lowest BCUT2D eigenvalue weighted by molar-refractivity contribution is -0.146. The molecule has 0 bridgehead atoms. The third-order valence-electron chi connectivity index (χ3n) is 5.96. The van der Waals surface area contributed by atoms with E-state index in [9.17, 15) is 9.00 Å². The van der Waals surface area contributed by atoms with Crippen LogP contribution in [0.1, 0.15) is 70.9 Å². The lowest BCUT2D eigenvalue weighted by Gasteiger charge is -2.46. The van der Waals surface area contributed by atoms with Crippen LogP contribution in [0.15, 0.2) is 24.3 Å². The van der Waals surface area contributed by atoms with Gasteiger partial charge in [0.05, 0.1) is 17.0 Å². The van der Waals surface area contributed by atoms with Crippen molar-refractivity contribution in [1.29, 1.82) is 0 Å². The molecule has 1 aliphatic heterocycles. The van der Waals surface area contributed by atoms with Crippen molar-refractivity contribution >= 4 is 28.5 Å². The quantitative estimate of drug-likeness (QED) is 0.680. The summed E-state index contributed by atoms with van der Waals surface area (Å²) in [5.74, 6) is 0.324. The highest BCUT2D eigenvalue weighted by molar-refractivity contribution is 7.84. The summed E-state index contributed by atoms with van der Waals surface area (Å²) < 4.78 is 15.7. The van der Waals surface area contributed by atoms with Gasteiger partial charge in [-0.15, -0.1) is 0 Å². The molecule has 1 saturated carbocycles. The molecule has 0 aromatic heterocycles. The van der Waals surface area contributed by atoms with Crippen molar-refractivity contribution in [3.63, 3.8) is 0 Å². The average molecular weight is 411 g/mol. The molecule has 1 amide bonds. The Bertz CT molecular complexity index is 677. The summed E-state index contributed by atoms with van der Waals surface area (Å²) in [7, 11) is -1.00. The third kappa shape index (κ3) is 4.75. The Kier molecular flexibility index (Phi) is 6.98. The first kappa shape index (κ1) is 20.8. The van der Waals surface area contributed by atoms with Crippen molar-refractivity contribution in [2.75, 3.05) is 0 Å². The van der Waals surface area contributed by atoms with Crippen molar-refractivity contribution in [2.24, 2.45) is 5.92 Å². The molecule has 1 aliphatic carbocycles. The van der Waals surface area contributed by atoms with Crippen LogP contribution in [0, 0.1) is 5.92 Å². The summed E-state index contributed by atoms with van der Waals surface area (Å²) in [6.07, 6.45) is 5.66. The summed E-state index contributed by atoms with van der Waals surface area (Å²) in [5.41, 5.74) is 1.14. The van der Waals surface area contributed by atoms with Gasteiger partial charge in [-0.2, -0.15) is 0 Å². The number of hydrogen-bond donors (Lipinski definition) is 1. The van der Waals surface area contributed by atoms with E-state index < -0.39 is 11.0 Å². The zero-order valence-electron chi connectivity index (χ0n) is 16.5. The average Bonchev–Trinajstić information content (AvgIpc) is 3.49. The maximum absolute atomic E-state index is 13.3. The van der Waals surface area contributed by atoms with Gasteiger partial charge in [0.15, 0.2) is 0 Å². The van der Waals surface area contributed by atoms with Gasteiger partial charge in [-0.3, -0.25) is 4.79 Å². The summed E-state index contributed by atoms with van der Waals surface area (Å²) in [6.45, 7) is 6.27. The summed E-state index contributed by atoms with van der Waals surface area (Å²) in [5, 5.41) is 0.998. The molecule has 1 N–H and O–H groups in total. The van der Waals surface area contributed by atoms with E-state index >= 15 is 0 Å². The zero-order chi connectivity index (χ0) is 19.6. The number of carbonyl (C=O) groups is 1. The molecule has 1 aromatic rings. The highest BCUT2D eigenvalue weighted by atomic mass is 35.5. The second-order valence-electron chi connectivity index (χ2n) is 7.87. The summed E-state index contributed by atoms with van der Waals surface area (Å²) >= 11 is 6.07. The van der Waals surface area contributed by atoms with Crippen molar-refractivity contribution in [3.8, 4) is 0 Å². The molecule has 27 heavy (non-hydrogen) atoms. The molecule has 0 radical (unpaired) electrons. The Morgan fingerprint density at radius 2 is 1.85 bits per heavy atom. The fourth-order valence-corrected chi connectivity index (χ4v) is 5.61. The van der Waals surface area contributed by atoms with Crippen LogP contribution in [0.5, 0.6) is 0 Å². The highest BCUT2D eigenvalue weighted by Gasteiger charge is 2.41. The Labute approximate surface area is 170 Å². The van der Waals surface area contributed by atoms with Crippen LogP contribution in [0.4, 0.5) is 0 Å². The number of likely N-dealkylation sites (tertiary alicyclic amines) is 1. The van der Waals surface area contributed by atoms with Gasteiger partial charge in [0.2, 0.25) is 5.91 Å². The minimum absolute atomic E-state index is 0.00853. The number of carbonyl (C=O) groups excluding carboxylic acids is 1. The number of piperidine rings is 1. The Hall–Kier alpha value is -0.910. The predicted octanol–water partition coefficient (Wildman–Crippen LogP) is 4.61. The van der Waals surface area contributed by atoms with Gasteiger partial charge in [0.1, 0.15) is 0 Å². The number of halogens is 1. The molecule has 3 rings (SSSR count). The fraction of sp³-hybridized carbons (Fsp3) is 0.667. The first-order valence-electron chi connectivity index (χ1n) is 10.2. The highest BCUT2D eigenvalue weighted by Crippen LogP contribution is 2.38. The van der Waals surface area contributed by atoms with Crippen LogP contribution >= 0.6 is 11.6 Å². The molecule has 2 aliphatic rings. The van der Waals surface area contributed by atoms with Crippen LogP contribution < -0.4 is 4.72 Å². The molecule has 1 heterocycles. The monoisotopic (exact) mass is 410 g/mol. The van der Waals surface area contributed by atoms with Gasteiger partial charge in [0.25, 0.3) is 0 Å². The number of nitrogens with one attached hydrogen (secondary N) is 1. The third-order valence-corrected chi connectivity index (χ3v) is 7.89. The van der Waals surface area contributed by atoms with Crippen molar-refractivity contribution in [3.05, 3.63) is 34.9 Å². The Balaban J connectivity index is 1.86. The van der Waals surface area contributed by atoms with Gasteiger partial charge < -0.3 is 4.90 Å². The second-order valence-corrected chi connectivity index (χ2v) is 9.81. The van der Waals surface area contributed by atoms with Crippen molar-refractivity contribution < 1.29 is 9.00 Å². The fourth-order valence-electron chi connectivity index (χ4n) is 4.20. The van der Waals surface area contributed by atoms with E-state index in [-0.39, 0.29) is 35.2 Å². The van der Waals surface area contributed by atoms with E-state index in [2.05, 4.69) is 30.4 Å². The molecule has 2 fully saturated rings. The molecule has 150 valence electrons. The molecule has 0 spiro atoms. The first-order valence-corrected chi connectivity index (χ1v) is 11.8. The minimum atomic E-state index is -1.00. The predicted molar refractivity (Wildman–Crippen MR) is 112 cm³/mol. The summed E-state index contributed by atoms with van der Waals surface area (Å²) in [4.78, 5) is 15.4. The molecule has 1 saturated heterocycles. The maximum atomic E-state index is 13.3. The normalized spacial score (nSPS) is 26.7. The molecule has 4 nitrogen and oxygen atoms in total. The lowest BCUT2D eigenvalue weighted by Crippen LogP contribution is -2.55. The smallest absolute Gasteiger partial charge is 0.226 e. The maximum Gasteiger partial charge on any atom is 0.226 e. The number of amides is 1. The standard InChI is InChI=1S/C21H31ClN2O2S/c1-4-15-8-13-20(16-6-9-17(22)10-7-16)24(21(15)25)19(5-2)14(3)23-27(26)18-11-12-18/h6-7,9-10,14-15,18-20,23H,4-5,8,11-13H2,1-3H3.